The molecular formula is C60H83N17O18. The van der Waals surface area contributed by atoms with Gasteiger partial charge < -0.3 is 106 Å². The number of likely N-dealkylation sites (tertiary alicyclic amines) is 1. The Morgan fingerprint density at radius 2 is 1.17 bits per heavy atom. The zero-order valence-electron chi connectivity index (χ0n) is 52.1. The van der Waals surface area contributed by atoms with Crippen molar-refractivity contribution in [2.45, 2.75) is 144 Å². The van der Waals surface area contributed by atoms with Gasteiger partial charge in [-0.2, -0.15) is 0 Å². The SMILES string of the molecule is C[C@H](NC(=O)[C@H](CO)NC(=O)CNC(=O)CN)C(=O)N[C@@H](Cc1c[nH]c2ccccc12)C(=O)N[C@@H](CO)C(=O)N[C@@H](Cc1cnc[nH]1)C(=O)N1CCC[C@H]1C(=O)N[C@@H](CCC(N)=O)C(=O)N[C@@H](Cc1ccccc1)C(=O)N[C@@H](CCC(=O)O)C(=O)N[C@@H](CCCCN)C(=O)O. The summed E-state index contributed by atoms with van der Waals surface area (Å²) in [6.07, 6.45) is 2.23. The van der Waals surface area contributed by atoms with Crippen LogP contribution in [0.4, 0.5) is 0 Å². The molecule has 0 bridgehead atoms. The molecule has 2 aromatic heterocycles. The fraction of sp³-hybridized carbons (Fsp3) is 0.483. The molecule has 516 valence electrons. The third-order valence-electron chi connectivity index (χ3n) is 15.3. The number of H-pyrrole nitrogens is 2. The maximum atomic E-state index is 14.8. The Morgan fingerprint density at radius 3 is 1.80 bits per heavy atom. The van der Waals surface area contributed by atoms with Gasteiger partial charge in [0, 0.05) is 67.6 Å². The lowest BCUT2D eigenvalue weighted by molar-refractivity contribution is -0.143. The van der Waals surface area contributed by atoms with Crippen molar-refractivity contribution in [2.75, 3.05) is 39.4 Å². The molecular weight excluding hydrogens is 1250 g/mol. The van der Waals surface area contributed by atoms with Crippen LogP contribution in [0.3, 0.4) is 0 Å². The summed E-state index contributed by atoms with van der Waals surface area (Å²) in [5, 5.41) is 64.7. The predicted octanol–water partition coefficient (Wildman–Crippen LogP) is -6.30. The van der Waals surface area contributed by atoms with Crippen LogP contribution in [0, 0.1) is 0 Å². The lowest BCUT2D eigenvalue weighted by atomic mass is 10.0. The number of benzene rings is 2. The number of primary amides is 1. The molecule has 1 aliphatic rings. The van der Waals surface area contributed by atoms with Crippen molar-refractivity contribution >= 4 is 93.7 Å². The summed E-state index contributed by atoms with van der Waals surface area (Å²) < 4.78 is 0. The van der Waals surface area contributed by atoms with Crippen molar-refractivity contribution in [3.8, 4) is 0 Å². The van der Waals surface area contributed by atoms with Crippen molar-refractivity contribution in [3.05, 3.63) is 90.1 Å². The van der Waals surface area contributed by atoms with Gasteiger partial charge in [0.1, 0.15) is 60.4 Å². The molecule has 0 saturated carbocycles. The number of amides is 12. The number of nitrogens with one attached hydrogen (secondary N) is 12. The van der Waals surface area contributed by atoms with E-state index in [0.29, 0.717) is 40.6 Å². The number of aromatic amines is 2. The fourth-order valence-corrected chi connectivity index (χ4v) is 10.1. The van der Waals surface area contributed by atoms with Gasteiger partial charge in [-0.1, -0.05) is 48.5 Å². The average molecular weight is 1330 g/mol. The highest BCUT2D eigenvalue weighted by Crippen LogP contribution is 2.22. The Kier molecular flexibility index (Phi) is 30.1. The number of aliphatic hydroxyl groups is 2. The first kappa shape index (κ1) is 75.3. The topological polar surface area (TPSA) is 566 Å². The number of para-hydroxylation sites is 1. The number of rotatable bonds is 40. The van der Waals surface area contributed by atoms with Gasteiger partial charge in [0.05, 0.1) is 32.6 Å². The molecule has 10 atom stereocenters. The summed E-state index contributed by atoms with van der Waals surface area (Å²) in [6, 6.07) is -0.478. The van der Waals surface area contributed by atoms with Gasteiger partial charge in [-0.25, -0.2) is 9.78 Å². The second-order valence-corrected chi connectivity index (χ2v) is 22.4. The van der Waals surface area contributed by atoms with Crippen LogP contribution >= 0.6 is 0 Å². The fourth-order valence-electron chi connectivity index (χ4n) is 10.1. The van der Waals surface area contributed by atoms with Crippen molar-refractivity contribution in [1.82, 2.24) is 73.0 Å². The lowest BCUT2D eigenvalue weighted by Gasteiger charge is -2.31. The molecule has 95 heavy (non-hydrogen) atoms. The monoisotopic (exact) mass is 1330 g/mol. The third-order valence-corrected chi connectivity index (χ3v) is 15.3. The molecule has 0 aliphatic carbocycles. The molecule has 1 saturated heterocycles. The van der Waals surface area contributed by atoms with Gasteiger partial charge in [-0.3, -0.25) is 62.3 Å². The largest absolute Gasteiger partial charge is 0.481 e. The number of carboxylic acids is 2. The number of nitrogens with two attached hydrogens (primary N) is 3. The molecule has 3 heterocycles. The van der Waals surface area contributed by atoms with Gasteiger partial charge >= 0.3 is 11.9 Å². The standard InChI is InChI=1S/C60H83N17O18/c1-32(68-56(90)44(29-78)69-49(82)28-66-48(81)25-62)51(85)73-42(23-34-26-65-37-13-6-5-12-36(34)37)55(89)76-45(30-79)57(91)75-43(24-35-27-64-31-67-35)59(93)77-21-9-15-46(77)58(92)71-38(16-18-47(63)80)53(87)74-41(22-33-10-3-2-4-11-33)54(88)70-39(17-19-50(83)84)52(86)72-40(60(94)95)14-7-8-20-61/h2-6,10-13,26-27,31-32,38-46,65,78-79H,7-9,14-25,28-30,61-62H2,1H3,(H2,63,80)(H,64,67)(H,66,81)(H,68,90)(H,69,82)(H,70,88)(H,71,92)(H,72,86)(H,73,85)(H,74,87)(H,75,91)(H,76,89)(H,83,84)(H,94,95)/t32-,38-,39-,40-,41-,42-,43-,44-,45-,46-/m0/s1. The van der Waals surface area contributed by atoms with Crippen LogP contribution in [-0.2, 0) is 86.4 Å². The highest BCUT2D eigenvalue weighted by Gasteiger charge is 2.41. The summed E-state index contributed by atoms with van der Waals surface area (Å²) in [6.45, 7) is -1.61. The summed E-state index contributed by atoms with van der Waals surface area (Å²) in [7, 11) is 0. The summed E-state index contributed by atoms with van der Waals surface area (Å²) in [4.78, 5) is 198. The van der Waals surface area contributed by atoms with E-state index in [0.717, 1.165) is 4.90 Å². The van der Waals surface area contributed by atoms with Crippen molar-refractivity contribution in [1.29, 1.82) is 0 Å². The van der Waals surface area contributed by atoms with E-state index in [1.54, 1.807) is 60.8 Å². The van der Waals surface area contributed by atoms with Crippen LogP contribution < -0.4 is 70.4 Å². The molecule has 2 aromatic carbocycles. The molecule has 35 nitrogen and oxygen atoms in total. The number of hydrogen-bond acceptors (Lipinski definition) is 19. The van der Waals surface area contributed by atoms with Crippen molar-refractivity contribution in [3.63, 3.8) is 0 Å². The molecule has 0 unspecified atom stereocenters. The van der Waals surface area contributed by atoms with Crippen LogP contribution in [0.1, 0.15) is 81.5 Å². The minimum absolute atomic E-state index is 0.00268. The third kappa shape index (κ3) is 23.9. The Labute approximate surface area is 543 Å². The van der Waals surface area contributed by atoms with E-state index < -0.39 is 195 Å². The minimum atomic E-state index is -1.83. The van der Waals surface area contributed by atoms with Crippen LogP contribution in [0.5, 0.6) is 0 Å². The highest BCUT2D eigenvalue weighted by atomic mass is 16.4. The first-order valence-electron chi connectivity index (χ1n) is 30.6. The zero-order chi connectivity index (χ0) is 69.7. The normalized spacial score (nSPS) is 15.5. The van der Waals surface area contributed by atoms with E-state index in [-0.39, 0.29) is 51.6 Å². The highest BCUT2D eigenvalue weighted by molar-refractivity contribution is 6.00. The number of aromatic nitrogens is 3. The van der Waals surface area contributed by atoms with Crippen molar-refractivity contribution < 1.29 is 87.5 Å². The second-order valence-electron chi connectivity index (χ2n) is 22.4. The molecule has 0 spiro atoms. The maximum Gasteiger partial charge on any atom is 0.326 e. The Hall–Kier alpha value is -10.4. The molecule has 1 fully saturated rings. The minimum Gasteiger partial charge on any atom is -0.481 e. The maximum absolute atomic E-state index is 14.8. The van der Waals surface area contributed by atoms with Gasteiger partial charge in [-0.15, -0.1) is 0 Å². The van der Waals surface area contributed by atoms with Gasteiger partial charge in [-0.05, 0) is 75.6 Å². The van der Waals surface area contributed by atoms with Crippen LogP contribution in [-0.4, -0.2) is 223 Å². The van der Waals surface area contributed by atoms with E-state index in [1.807, 2.05) is 0 Å². The summed E-state index contributed by atoms with van der Waals surface area (Å²) >= 11 is 0. The van der Waals surface area contributed by atoms with E-state index in [2.05, 4.69) is 68.1 Å². The summed E-state index contributed by atoms with van der Waals surface area (Å²) in [5.41, 5.74) is 18.2. The van der Waals surface area contributed by atoms with E-state index in [9.17, 15) is 87.5 Å². The smallest absolute Gasteiger partial charge is 0.326 e. The summed E-state index contributed by atoms with van der Waals surface area (Å²) in [5.74, 6) is -14.2. The molecule has 5 rings (SSSR count). The lowest BCUT2D eigenvalue weighted by Crippen LogP contribution is -2.61. The van der Waals surface area contributed by atoms with Crippen LogP contribution in [0.2, 0.25) is 0 Å². The number of carbonyl (C=O) groups excluding carboxylic acids is 12. The first-order valence-corrected chi connectivity index (χ1v) is 30.6. The number of carbonyl (C=O) groups is 14. The second kappa shape index (κ2) is 38.0. The van der Waals surface area contributed by atoms with E-state index in [4.69, 9.17) is 17.2 Å². The number of unbranched alkanes of at least 4 members (excludes halogenated alkanes) is 1. The first-order chi connectivity index (χ1) is 45.4. The number of carboxylic acid groups (broad SMARTS) is 2. The molecule has 0 radical (unpaired) electrons. The molecule has 4 aromatic rings. The average Bonchev–Trinajstić information content (AvgIpc) is 1.73. The number of hydrogen-bond donors (Lipinski definition) is 19. The number of nitrogens with zero attached hydrogens (tertiary/aromatic N) is 2. The molecule has 35 heteroatoms. The quantitative estimate of drug-likeness (QED) is 0.0184. The van der Waals surface area contributed by atoms with Gasteiger partial charge in [0.15, 0.2) is 0 Å². The zero-order valence-corrected chi connectivity index (χ0v) is 52.1. The Balaban J connectivity index is 1.35. The van der Waals surface area contributed by atoms with Gasteiger partial charge in [0.2, 0.25) is 70.9 Å². The van der Waals surface area contributed by atoms with E-state index >= 15 is 0 Å². The van der Waals surface area contributed by atoms with Crippen LogP contribution in [0.15, 0.2) is 73.3 Å². The molecule has 12 amide bonds. The van der Waals surface area contributed by atoms with E-state index in [1.165, 1.54) is 19.4 Å². The Morgan fingerprint density at radius 1 is 0.600 bits per heavy atom. The predicted molar refractivity (Wildman–Crippen MR) is 334 cm³/mol. The van der Waals surface area contributed by atoms with Gasteiger partial charge in [0.25, 0.3) is 0 Å². The number of fused-ring (bicyclic) bond motifs is 1. The van der Waals surface area contributed by atoms with Crippen molar-refractivity contribution in [2.24, 2.45) is 17.2 Å². The Bertz CT molecular complexity index is 3330. The number of imidazole rings is 1. The number of aliphatic carboxylic acids is 2. The number of aliphatic hydroxyl groups excluding tert-OH is 2. The molecule has 1 aliphatic heterocycles. The molecule has 22 N–H and O–H groups in total. The van der Waals surface area contributed by atoms with Crippen LogP contribution in [0.25, 0.3) is 10.9 Å².